The van der Waals surface area contributed by atoms with Gasteiger partial charge in [0.1, 0.15) is 34.1 Å². The van der Waals surface area contributed by atoms with Gasteiger partial charge in [-0.2, -0.15) is 0 Å². The Morgan fingerprint density at radius 1 is 0.656 bits per heavy atom. The number of esters is 2. The second-order valence-electron chi connectivity index (χ2n) is 6.80. The molecule has 0 spiro atoms. The molecule has 0 atom stereocenters. The Kier molecular flexibility index (Phi) is 8.34. The highest BCUT2D eigenvalue weighted by atomic mass is 16.5. The van der Waals surface area contributed by atoms with Gasteiger partial charge in [-0.1, -0.05) is 0 Å². The van der Waals surface area contributed by atoms with Gasteiger partial charge in [-0.25, -0.2) is 9.59 Å². The molecule has 0 amide bonds. The topological polar surface area (TPSA) is 89.5 Å². The molecule has 2 aromatic carbocycles. The zero-order valence-electron chi connectivity index (χ0n) is 19.8. The van der Waals surface area contributed by atoms with Crippen LogP contribution in [-0.4, -0.2) is 53.6 Å². The number of carbonyl (C=O) groups is 2. The monoisotopic (exact) mass is 446 g/mol. The van der Waals surface area contributed by atoms with Crippen molar-refractivity contribution in [2.75, 3.05) is 41.7 Å². The molecule has 0 aromatic heterocycles. The predicted octanol–water partition coefficient (Wildman–Crippen LogP) is 4.36. The highest BCUT2D eigenvalue weighted by molar-refractivity contribution is 6.03. The molecule has 0 aliphatic carbocycles. The van der Waals surface area contributed by atoms with E-state index in [-0.39, 0.29) is 35.8 Å². The summed E-state index contributed by atoms with van der Waals surface area (Å²) in [6, 6.07) is 3.40. The molecule has 0 bridgehead atoms. The van der Waals surface area contributed by atoms with Gasteiger partial charge in [0.05, 0.1) is 52.8 Å². The van der Waals surface area contributed by atoms with Crippen molar-refractivity contribution in [2.45, 2.75) is 27.7 Å². The van der Waals surface area contributed by atoms with Crippen molar-refractivity contribution in [1.82, 2.24) is 0 Å². The standard InChI is InChI=1S/C24H30O8/c1-9-31-23(25)17-13(3)11-15(27-5)19(21(17)29-7)20-16(28-6)12-14(4)18(22(20)30-8)24(26)32-10-2/h11-12H,9-10H2,1-8H3. The molecule has 0 N–H and O–H groups in total. The SMILES string of the molecule is CCOC(=O)c1c(C)cc(OC)c(-c2c(OC)cc(C)c(C(=O)OCC)c2OC)c1OC. The molecular weight excluding hydrogens is 416 g/mol. The van der Waals surface area contributed by atoms with E-state index in [1.54, 1.807) is 39.8 Å². The Morgan fingerprint density at radius 3 is 1.25 bits per heavy atom. The number of carbonyl (C=O) groups excluding carboxylic acids is 2. The lowest BCUT2D eigenvalue weighted by Crippen LogP contribution is -2.13. The molecule has 0 saturated heterocycles. The minimum Gasteiger partial charge on any atom is -0.496 e. The summed E-state index contributed by atoms with van der Waals surface area (Å²) in [7, 11) is 5.89. The van der Waals surface area contributed by atoms with Crippen molar-refractivity contribution < 1.29 is 38.0 Å². The van der Waals surface area contributed by atoms with E-state index in [2.05, 4.69) is 0 Å². The van der Waals surface area contributed by atoms with Gasteiger partial charge in [0, 0.05) is 0 Å². The van der Waals surface area contributed by atoms with Crippen LogP contribution in [-0.2, 0) is 9.47 Å². The fourth-order valence-corrected chi connectivity index (χ4v) is 3.63. The molecular formula is C24H30O8. The van der Waals surface area contributed by atoms with Crippen LogP contribution in [0.25, 0.3) is 11.1 Å². The predicted molar refractivity (Wildman–Crippen MR) is 119 cm³/mol. The van der Waals surface area contributed by atoms with Gasteiger partial charge in [0.25, 0.3) is 0 Å². The maximum absolute atomic E-state index is 12.8. The van der Waals surface area contributed by atoms with Gasteiger partial charge in [0.2, 0.25) is 0 Å². The average molecular weight is 446 g/mol. The summed E-state index contributed by atoms with van der Waals surface area (Å²) in [5.41, 5.74) is 2.49. The lowest BCUT2D eigenvalue weighted by Gasteiger charge is -2.23. The Morgan fingerprint density at radius 2 is 1.00 bits per heavy atom. The maximum Gasteiger partial charge on any atom is 0.342 e. The van der Waals surface area contributed by atoms with Crippen LogP contribution < -0.4 is 18.9 Å². The normalized spacial score (nSPS) is 10.4. The first-order valence-electron chi connectivity index (χ1n) is 10.2. The average Bonchev–Trinajstić information content (AvgIpc) is 2.77. The highest BCUT2D eigenvalue weighted by Gasteiger charge is 2.32. The minimum atomic E-state index is -0.540. The van der Waals surface area contributed by atoms with Gasteiger partial charge >= 0.3 is 11.9 Å². The van der Waals surface area contributed by atoms with Crippen LogP contribution in [0.1, 0.15) is 45.7 Å². The van der Waals surface area contributed by atoms with E-state index >= 15 is 0 Å². The Labute approximate surface area is 188 Å². The summed E-state index contributed by atoms with van der Waals surface area (Å²) >= 11 is 0. The summed E-state index contributed by atoms with van der Waals surface area (Å²) in [5.74, 6) is 0.166. The molecule has 174 valence electrons. The zero-order valence-corrected chi connectivity index (χ0v) is 19.8. The van der Waals surface area contributed by atoms with Crippen LogP contribution >= 0.6 is 0 Å². The zero-order chi connectivity index (χ0) is 24.0. The smallest absolute Gasteiger partial charge is 0.342 e. The third-order valence-corrected chi connectivity index (χ3v) is 4.94. The molecule has 8 nitrogen and oxygen atoms in total. The number of methoxy groups -OCH3 is 4. The Hall–Kier alpha value is -3.42. The summed E-state index contributed by atoms with van der Waals surface area (Å²) in [6.45, 7) is 7.37. The van der Waals surface area contributed by atoms with E-state index in [1.807, 2.05) is 0 Å². The third kappa shape index (κ3) is 4.44. The van der Waals surface area contributed by atoms with E-state index in [1.165, 1.54) is 28.4 Å². The lowest BCUT2D eigenvalue weighted by molar-refractivity contribution is 0.0511. The van der Waals surface area contributed by atoms with Gasteiger partial charge in [-0.15, -0.1) is 0 Å². The lowest BCUT2D eigenvalue weighted by atomic mass is 9.92. The summed E-state index contributed by atoms with van der Waals surface area (Å²) in [6.07, 6.45) is 0. The van der Waals surface area contributed by atoms with Gasteiger partial charge in [-0.05, 0) is 51.0 Å². The van der Waals surface area contributed by atoms with E-state index in [4.69, 9.17) is 28.4 Å². The quantitative estimate of drug-likeness (QED) is 0.525. The number of benzene rings is 2. The second-order valence-corrected chi connectivity index (χ2v) is 6.80. The van der Waals surface area contributed by atoms with Crippen LogP contribution in [0.3, 0.4) is 0 Å². The molecule has 2 rings (SSSR count). The molecule has 0 fully saturated rings. The first-order chi connectivity index (χ1) is 15.3. The number of hydrogen-bond donors (Lipinski definition) is 0. The first-order valence-corrected chi connectivity index (χ1v) is 10.2. The maximum atomic E-state index is 12.8. The number of hydrogen-bond acceptors (Lipinski definition) is 8. The van der Waals surface area contributed by atoms with Crippen LogP contribution in [0.2, 0.25) is 0 Å². The Balaban J connectivity index is 3.07. The summed E-state index contributed by atoms with van der Waals surface area (Å²) < 4.78 is 33.1. The van der Waals surface area contributed by atoms with Gasteiger partial charge in [-0.3, -0.25) is 0 Å². The van der Waals surface area contributed by atoms with Crippen molar-refractivity contribution in [2.24, 2.45) is 0 Å². The molecule has 0 aliphatic heterocycles. The molecule has 0 unspecified atom stereocenters. The fraction of sp³-hybridized carbons (Fsp3) is 0.417. The fourth-order valence-electron chi connectivity index (χ4n) is 3.63. The summed E-state index contributed by atoms with van der Waals surface area (Å²) in [5, 5.41) is 0. The van der Waals surface area contributed by atoms with Crippen molar-refractivity contribution in [1.29, 1.82) is 0 Å². The van der Waals surface area contributed by atoms with Crippen LogP contribution in [0, 0.1) is 13.8 Å². The third-order valence-electron chi connectivity index (χ3n) is 4.94. The highest BCUT2D eigenvalue weighted by Crippen LogP contribution is 2.51. The number of ether oxygens (including phenoxy) is 6. The van der Waals surface area contributed by atoms with E-state index in [0.29, 0.717) is 33.8 Å². The molecule has 0 radical (unpaired) electrons. The summed E-state index contributed by atoms with van der Waals surface area (Å²) in [4.78, 5) is 25.5. The van der Waals surface area contributed by atoms with Crippen molar-refractivity contribution >= 4 is 11.9 Å². The van der Waals surface area contributed by atoms with E-state index < -0.39 is 11.9 Å². The molecule has 0 aliphatic rings. The molecule has 32 heavy (non-hydrogen) atoms. The number of rotatable bonds is 9. The van der Waals surface area contributed by atoms with E-state index in [9.17, 15) is 9.59 Å². The minimum absolute atomic E-state index is 0.201. The van der Waals surface area contributed by atoms with Gasteiger partial charge in [0.15, 0.2) is 0 Å². The number of aryl methyl sites for hydroxylation is 2. The van der Waals surface area contributed by atoms with Crippen molar-refractivity contribution in [3.8, 4) is 34.1 Å². The largest absolute Gasteiger partial charge is 0.496 e. The van der Waals surface area contributed by atoms with Crippen molar-refractivity contribution in [3.05, 3.63) is 34.4 Å². The molecule has 0 saturated carbocycles. The second kappa shape index (κ2) is 10.7. The van der Waals surface area contributed by atoms with Gasteiger partial charge < -0.3 is 28.4 Å². The van der Waals surface area contributed by atoms with Crippen LogP contribution in [0.15, 0.2) is 12.1 Å². The van der Waals surface area contributed by atoms with E-state index in [0.717, 1.165) is 0 Å². The van der Waals surface area contributed by atoms with Crippen molar-refractivity contribution in [3.63, 3.8) is 0 Å². The van der Waals surface area contributed by atoms with Crippen LogP contribution in [0.5, 0.6) is 23.0 Å². The first kappa shape index (κ1) is 24.8. The molecule has 0 heterocycles. The molecule has 2 aromatic rings. The Bertz CT molecular complexity index is 929. The molecule has 8 heteroatoms. The van der Waals surface area contributed by atoms with Crippen LogP contribution in [0.4, 0.5) is 0 Å².